The van der Waals surface area contributed by atoms with E-state index in [1.165, 1.54) is 6.07 Å². The number of rotatable bonds is 5. The third-order valence-electron chi connectivity index (χ3n) is 5.03. The van der Waals surface area contributed by atoms with Crippen LogP contribution in [0.15, 0.2) is 35.2 Å². The van der Waals surface area contributed by atoms with E-state index in [0.717, 1.165) is 17.5 Å². The Hall–Kier alpha value is -2.58. The molecule has 2 aromatic rings. The molecule has 1 amide bonds. The van der Waals surface area contributed by atoms with E-state index in [1.807, 2.05) is 12.1 Å². The molecule has 1 atom stereocenters. The second kappa shape index (κ2) is 6.54. The Bertz CT molecular complexity index is 1030. The molecule has 0 radical (unpaired) electrons. The van der Waals surface area contributed by atoms with Crippen molar-refractivity contribution in [3.8, 4) is 11.5 Å². The molecule has 8 heteroatoms. The van der Waals surface area contributed by atoms with Gasteiger partial charge in [0.1, 0.15) is 0 Å². The molecule has 1 unspecified atom stereocenters. The first-order valence-electron chi connectivity index (χ1n) is 8.61. The molecule has 4 rings (SSSR count). The second-order valence-electron chi connectivity index (χ2n) is 6.66. The molecule has 2 aromatic carbocycles. The zero-order valence-corrected chi connectivity index (χ0v) is 15.9. The molecule has 1 heterocycles. The number of methoxy groups -OCH3 is 2. The van der Waals surface area contributed by atoms with E-state index in [-0.39, 0.29) is 23.3 Å². The second-order valence-corrected chi connectivity index (χ2v) is 8.38. The predicted octanol–water partition coefficient (Wildman–Crippen LogP) is 2.16. The molecular weight excluding hydrogens is 368 g/mol. The highest BCUT2D eigenvalue weighted by Crippen LogP contribution is 2.40. The Morgan fingerprint density at radius 2 is 1.81 bits per heavy atom. The van der Waals surface area contributed by atoms with Crippen molar-refractivity contribution in [2.24, 2.45) is 0 Å². The Morgan fingerprint density at radius 1 is 1.07 bits per heavy atom. The highest BCUT2D eigenvalue weighted by atomic mass is 32.2. The molecule has 0 spiro atoms. The zero-order valence-electron chi connectivity index (χ0n) is 15.0. The van der Waals surface area contributed by atoms with Crippen LogP contribution < -0.4 is 19.5 Å². The Balaban J connectivity index is 1.62. The minimum absolute atomic E-state index is 0.127. The standard InChI is InChI=1S/C19H20N2O5S/c1-25-17-8-11-3-5-16(14(11)10-18(17)26-2)21-27(23,24)13-4-6-15-12(7-13)9-19(22)20-15/h4,6-8,10,16,21H,3,5,9H2,1-2H3,(H,20,22). The third kappa shape index (κ3) is 3.15. The van der Waals surface area contributed by atoms with Gasteiger partial charge in [-0.25, -0.2) is 13.1 Å². The summed E-state index contributed by atoms with van der Waals surface area (Å²) < 4.78 is 39.2. The maximum Gasteiger partial charge on any atom is 0.241 e. The predicted molar refractivity (Wildman–Crippen MR) is 99.7 cm³/mol. The van der Waals surface area contributed by atoms with Gasteiger partial charge in [-0.15, -0.1) is 0 Å². The van der Waals surface area contributed by atoms with E-state index in [9.17, 15) is 13.2 Å². The molecule has 2 N–H and O–H groups in total. The molecule has 0 aromatic heterocycles. The van der Waals surface area contributed by atoms with Gasteiger partial charge in [0.25, 0.3) is 0 Å². The van der Waals surface area contributed by atoms with Crippen LogP contribution in [0.4, 0.5) is 5.69 Å². The van der Waals surface area contributed by atoms with Crippen LogP contribution in [0.1, 0.15) is 29.2 Å². The average molecular weight is 388 g/mol. The number of ether oxygens (including phenoxy) is 2. The molecular formula is C19H20N2O5S. The number of carbonyl (C=O) groups is 1. The van der Waals surface area contributed by atoms with Crippen LogP contribution >= 0.6 is 0 Å². The summed E-state index contributed by atoms with van der Waals surface area (Å²) in [6.07, 6.45) is 1.61. The van der Waals surface area contributed by atoms with Crippen LogP contribution in [0.25, 0.3) is 0 Å². The molecule has 7 nitrogen and oxygen atoms in total. The molecule has 0 saturated carbocycles. The lowest BCUT2D eigenvalue weighted by Crippen LogP contribution is -2.27. The van der Waals surface area contributed by atoms with Crippen LogP contribution in [0.2, 0.25) is 0 Å². The number of hydrogen-bond acceptors (Lipinski definition) is 5. The summed E-state index contributed by atoms with van der Waals surface area (Å²) in [5.41, 5.74) is 3.31. The fourth-order valence-electron chi connectivity index (χ4n) is 3.68. The van der Waals surface area contributed by atoms with E-state index < -0.39 is 10.0 Å². The highest BCUT2D eigenvalue weighted by Gasteiger charge is 2.30. The van der Waals surface area contributed by atoms with E-state index in [1.54, 1.807) is 26.4 Å². The minimum Gasteiger partial charge on any atom is -0.493 e. The molecule has 0 bridgehead atoms. The van der Waals surface area contributed by atoms with E-state index >= 15 is 0 Å². The van der Waals surface area contributed by atoms with E-state index in [4.69, 9.17) is 9.47 Å². The van der Waals surface area contributed by atoms with Crippen LogP contribution in [0.5, 0.6) is 11.5 Å². The molecule has 0 saturated heterocycles. The van der Waals surface area contributed by atoms with Gasteiger partial charge in [-0.05, 0) is 59.9 Å². The van der Waals surface area contributed by atoms with Gasteiger partial charge in [0.05, 0.1) is 25.5 Å². The van der Waals surface area contributed by atoms with Gasteiger partial charge in [0.2, 0.25) is 15.9 Å². The Morgan fingerprint density at radius 3 is 2.56 bits per heavy atom. The van der Waals surface area contributed by atoms with Crippen LogP contribution in [-0.4, -0.2) is 28.5 Å². The summed E-state index contributed by atoms with van der Waals surface area (Å²) >= 11 is 0. The first-order valence-corrected chi connectivity index (χ1v) is 10.1. The molecule has 1 aliphatic carbocycles. The van der Waals surface area contributed by atoms with Gasteiger partial charge in [0, 0.05) is 11.7 Å². The van der Waals surface area contributed by atoms with Gasteiger partial charge in [-0.1, -0.05) is 0 Å². The van der Waals surface area contributed by atoms with Crippen LogP contribution in [0.3, 0.4) is 0 Å². The minimum atomic E-state index is -3.72. The van der Waals surface area contributed by atoms with Crippen molar-refractivity contribution in [3.63, 3.8) is 0 Å². The van der Waals surface area contributed by atoms with Crippen LogP contribution in [-0.2, 0) is 27.7 Å². The van der Waals surface area contributed by atoms with Crippen molar-refractivity contribution in [1.29, 1.82) is 0 Å². The van der Waals surface area contributed by atoms with Crippen molar-refractivity contribution in [2.75, 3.05) is 19.5 Å². The topological polar surface area (TPSA) is 93.7 Å². The monoisotopic (exact) mass is 388 g/mol. The Labute approximate surface area is 157 Å². The summed E-state index contributed by atoms with van der Waals surface area (Å²) in [4.78, 5) is 11.7. The van der Waals surface area contributed by atoms with Gasteiger partial charge < -0.3 is 14.8 Å². The zero-order chi connectivity index (χ0) is 19.2. The number of nitrogens with one attached hydrogen (secondary N) is 2. The lowest BCUT2D eigenvalue weighted by molar-refractivity contribution is -0.115. The molecule has 2 aliphatic rings. The SMILES string of the molecule is COc1cc2c(cc1OC)C(NS(=O)(=O)c1ccc3c(c1)CC(=O)N3)CC2. The fourth-order valence-corrected chi connectivity index (χ4v) is 4.98. The summed E-state index contributed by atoms with van der Waals surface area (Å²) in [6.45, 7) is 0. The molecule has 1 aliphatic heterocycles. The van der Waals surface area contributed by atoms with Gasteiger partial charge in [0.15, 0.2) is 11.5 Å². The van der Waals surface area contributed by atoms with E-state index in [0.29, 0.717) is 29.2 Å². The highest BCUT2D eigenvalue weighted by molar-refractivity contribution is 7.89. The average Bonchev–Trinajstić information content (AvgIpc) is 3.21. The van der Waals surface area contributed by atoms with Gasteiger partial charge in [-0.3, -0.25) is 4.79 Å². The molecule has 27 heavy (non-hydrogen) atoms. The molecule has 142 valence electrons. The van der Waals surface area contributed by atoms with Crippen molar-refractivity contribution >= 4 is 21.6 Å². The largest absolute Gasteiger partial charge is 0.493 e. The lowest BCUT2D eigenvalue weighted by Gasteiger charge is -2.17. The van der Waals surface area contributed by atoms with Gasteiger partial charge in [-0.2, -0.15) is 0 Å². The van der Waals surface area contributed by atoms with Crippen molar-refractivity contribution in [3.05, 3.63) is 47.0 Å². The van der Waals surface area contributed by atoms with Crippen molar-refractivity contribution in [1.82, 2.24) is 4.72 Å². The van der Waals surface area contributed by atoms with Gasteiger partial charge >= 0.3 is 0 Å². The smallest absolute Gasteiger partial charge is 0.241 e. The number of carbonyl (C=O) groups excluding carboxylic acids is 1. The van der Waals surface area contributed by atoms with E-state index in [2.05, 4.69) is 10.0 Å². The first-order chi connectivity index (χ1) is 12.9. The molecule has 0 fully saturated rings. The maximum absolute atomic E-state index is 12.9. The first kappa shape index (κ1) is 17.8. The number of amides is 1. The third-order valence-corrected chi connectivity index (χ3v) is 6.50. The normalized spacial score (nSPS) is 18.0. The maximum atomic E-state index is 12.9. The summed E-state index contributed by atoms with van der Waals surface area (Å²) in [5, 5.41) is 2.71. The van der Waals surface area contributed by atoms with Crippen molar-refractivity contribution in [2.45, 2.75) is 30.2 Å². The Kier molecular flexibility index (Phi) is 4.32. The quantitative estimate of drug-likeness (QED) is 0.819. The number of anilines is 1. The van der Waals surface area contributed by atoms with Crippen molar-refractivity contribution < 1.29 is 22.7 Å². The number of sulfonamides is 1. The lowest BCUT2D eigenvalue weighted by atomic mass is 10.1. The number of hydrogen-bond donors (Lipinski definition) is 2. The summed E-state index contributed by atoms with van der Waals surface area (Å²) in [5.74, 6) is 1.08. The number of aryl methyl sites for hydroxylation is 1. The summed E-state index contributed by atoms with van der Waals surface area (Å²) in [6, 6.07) is 8.09. The number of fused-ring (bicyclic) bond motifs is 2. The number of benzene rings is 2. The fraction of sp³-hybridized carbons (Fsp3) is 0.316. The summed E-state index contributed by atoms with van der Waals surface area (Å²) in [7, 11) is -0.592. The van der Waals surface area contributed by atoms with Crippen LogP contribution in [0, 0.1) is 0 Å².